The summed E-state index contributed by atoms with van der Waals surface area (Å²) in [6, 6.07) is 5.36. The number of carbonyl (C=O) groups is 4. The first-order valence-corrected chi connectivity index (χ1v) is 19.5. The number of amides is 4. The molecule has 0 bridgehead atoms. The maximum Gasteiger partial charge on any atom is 0.408 e. The highest BCUT2D eigenvalue weighted by Gasteiger charge is 2.60. The van der Waals surface area contributed by atoms with Crippen molar-refractivity contribution in [1.82, 2.24) is 25.2 Å². The van der Waals surface area contributed by atoms with E-state index in [1.807, 2.05) is 18.2 Å². The zero-order valence-corrected chi connectivity index (χ0v) is 31.0. The highest BCUT2D eigenvalue weighted by atomic mass is 32.2. The molecule has 0 radical (unpaired) electrons. The fourth-order valence-electron chi connectivity index (χ4n) is 7.41. The van der Waals surface area contributed by atoms with E-state index in [-0.39, 0.29) is 31.3 Å². The highest BCUT2D eigenvalue weighted by molar-refractivity contribution is 7.90. The minimum absolute atomic E-state index is 0.0326. The Balaban J connectivity index is 1.25. The van der Waals surface area contributed by atoms with E-state index in [4.69, 9.17) is 14.2 Å². The van der Waals surface area contributed by atoms with E-state index in [2.05, 4.69) is 26.9 Å². The van der Waals surface area contributed by atoms with Gasteiger partial charge in [0.15, 0.2) is 0 Å². The maximum absolute atomic E-state index is 14.5. The van der Waals surface area contributed by atoms with Gasteiger partial charge in [0.25, 0.3) is 0 Å². The van der Waals surface area contributed by atoms with Crippen molar-refractivity contribution < 1.29 is 41.8 Å². The zero-order chi connectivity index (χ0) is 37.4. The Kier molecular flexibility index (Phi) is 10.5. The van der Waals surface area contributed by atoms with E-state index in [1.165, 1.54) is 4.90 Å². The molecule has 0 spiro atoms. The summed E-state index contributed by atoms with van der Waals surface area (Å²) in [6.07, 6.45) is 6.52. The fraction of sp³-hybridized carbons (Fsp3) is 0.595. The number of aromatic nitrogens is 1. The lowest BCUT2D eigenvalue weighted by Crippen LogP contribution is -2.56. The molecule has 1 saturated heterocycles. The van der Waals surface area contributed by atoms with Crippen LogP contribution in [-0.4, -0.2) is 91.4 Å². The van der Waals surface area contributed by atoms with Crippen molar-refractivity contribution in [3.8, 4) is 11.6 Å². The van der Waals surface area contributed by atoms with Crippen molar-refractivity contribution in [1.29, 1.82) is 0 Å². The summed E-state index contributed by atoms with van der Waals surface area (Å²) in [4.78, 5) is 60.9. The van der Waals surface area contributed by atoms with Gasteiger partial charge in [0.2, 0.25) is 33.6 Å². The Labute approximate surface area is 304 Å². The lowest BCUT2D eigenvalue weighted by atomic mass is 9.96. The van der Waals surface area contributed by atoms with Gasteiger partial charge in [-0.05, 0) is 94.4 Å². The predicted octanol–water partition coefficient (Wildman–Crippen LogP) is 3.59. The Morgan fingerprint density at radius 3 is 2.48 bits per heavy atom. The second-order valence-electron chi connectivity index (χ2n) is 15.4. The largest absolute Gasteiger partial charge is 0.497 e. The number of nitrogens with zero attached hydrogens (tertiary/aromatic N) is 2. The summed E-state index contributed by atoms with van der Waals surface area (Å²) < 4.78 is 44.7. The van der Waals surface area contributed by atoms with Crippen LogP contribution in [0.2, 0.25) is 0 Å². The monoisotopic (exact) mass is 739 g/mol. The molecule has 2 aromatic rings. The molecule has 4 fully saturated rings. The first-order chi connectivity index (χ1) is 24.6. The molecule has 0 unspecified atom stereocenters. The molecule has 6 rings (SSSR count). The minimum atomic E-state index is -3.81. The topological polar surface area (TPSA) is 182 Å². The number of nitrogens with one attached hydrogen (secondary N) is 3. The van der Waals surface area contributed by atoms with Crippen molar-refractivity contribution in [2.24, 2.45) is 17.3 Å². The van der Waals surface area contributed by atoms with Crippen LogP contribution in [0.1, 0.15) is 72.1 Å². The SMILES string of the molecule is C=C[C@@H]1C[C@]1(CNC(=O)[C@@H]1C[C@@H](Oc2nccc3cc(OC)ccc23)CN1C(=O)[C@@H](NC(=O)OC(C)(C)C)C1CCCC1)C(=O)NS(=O)(=O)C1CC1. The molecule has 282 valence electrons. The summed E-state index contributed by atoms with van der Waals surface area (Å²) in [6.45, 7) is 8.91. The third-order valence-corrected chi connectivity index (χ3v) is 12.3. The van der Waals surface area contributed by atoms with Gasteiger partial charge < -0.3 is 29.7 Å². The van der Waals surface area contributed by atoms with Gasteiger partial charge in [0.05, 0.1) is 24.3 Å². The summed E-state index contributed by atoms with van der Waals surface area (Å²) in [5.74, 6) is -1.12. The predicted molar refractivity (Wildman–Crippen MR) is 192 cm³/mol. The molecule has 14 nitrogen and oxygen atoms in total. The number of rotatable bonds is 13. The smallest absolute Gasteiger partial charge is 0.408 e. The number of hydrogen-bond acceptors (Lipinski definition) is 10. The third kappa shape index (κ3) is 8.13. The molecule has 15 heteroatoms. The Morgan fingerprint density at radius 2 is 1.85 bits per heavy atom. The van der Waals surface area contributed by atoms with Gasteiger partial charge in [-0.3, -0.25) is 19.1 Å². The zero-order valence-electron chi connectivity index (χ0n) is 30.2. The third-order valence-electron chi connectivity index (χ3n) is 10.5. The van der Waals surface area contributed by atoms with E-state index in [9.17, 15) is 27.6 Å². The molecule has 1 aromatic heterocycles. The van der Waals surface area contributed by atoms with E-state index in [0.717, 1.165) is 36.5 Å². The quantitative estimate of drug-likeness (QED) is 0.257. The van der Waals surface area contributed by atoms with Gasteiger partial charge in [0, 0.05) is 24.5 Å². The number of fused-ring (bicyclic) bond motifs is 1. The van der Waals surface area contributed by atoms with Crippen molar-refractivity contribution in [3.63, 3.8) is 0 Å². The molecule has 1 aliphatic heterocycles. The average molecular weight is 740 g/mol. The van der Waals surface area contributed by atoms with Gasteiger partial charge in [-0.25, -0.2) is 18.2 Å². The van der Waals surface area contributed by atoms with Crippen LogP contribution in [0.3, 0.4) is 0 Å². The molecule has 4 amide bonds. The molecule has 3 aliphatic carbocycles. The Morgan fingerprint density at radius 1 is 1.12 bits per heavy atom. The number of carbonyl (C=O) groups excluding carboxylic acids is 4. The molecule has 1 aromatic carbocycles. The first-order valence-electron chi connectivity index (χ1n) is 18.0. The van der Waals surface area contributed by atoms with E-state index in [1.54, 1.807) is 46.2 Å². The number of hydrogen-bond donors (Lipinski definition) is 3. The summed E-state index contributed by atoms with van der Waals surface area (Å²) in [5.41, 5.74) is -1.97. The second kappa shape index (κ2) is 14.6. The lowest BCUT2D eigenvalue weighted by Gasteiger charge is -2.32. The number of allylic oxidation sites excluding steroid dienone is 1. The number of methoxy groups -OCH3 is 1. The van der Waals surface area contributed by atoms with Crippen LogP contribution < -0.4 is 24.8 Å². The van der Waals surface area contributed by atoms with Crippen LogP contribution in [-0.2, 0) is 29.1 Å². The summed E-state index contributed by atoms with van der Waals surface area (Å²) in [5, 5.41) is 6.65. The number of pyridine rings is 1. The number of alkyl carbamates (subject to hydrolysis) is 1. The van der Waals surface area contributed by atoms with Crippen LogP contribution in [0.25, 0.3) is 10.8 Å². The molecule has 2 heterocycles. The molecule has 3 saturated carbocycles. The minimum Gasteiger partial charge on any atom is -0.497 e. The number of ether oxygens (including phenoxy) is 3. The standard InChI is InChI=1S/C37H49N5O9S/c1-6-24-19-37(24,34(45)41-52(47,48)27-12-13-27)21-39-31(43)29-18-26(50-32-28-14-11-25(49-5)17-23(28)15-16-38-32)20-42(29)33(44)30(22-9-7-8-10-22)40-35(46)51-36(2,3)4/h6,11,14-17,22,24,26-27,29-30H,1,7-10,12-13,18-21H2,2-5H3,(H,39,43)(H,40,46)(H,41,45)/t24-,26-,29+,30+,37-/m1/s1. The van der Waals surface area contributed by atoms with Gasteiger partial charge in [0.1, 0.15) is 29.5 Å². The van der Waals surface area contributed by atoms with Gasteiger partial charge in [-0.2, -0.15) is 0 Å². The number of benzene rings is 1. The van der Waals surface area contributed by atoms with E-state index < -0.39 is 68.3 Å². The van der Waals surface area contributed by atoms with Crippen LogP contribution >= 0.6 is 0 Å². The van der Waals surface area contributed by atoms with Gasteiger partial charge in [-0.1, -0.05) is 18.9 Å². The van der Waals surface area contributed by atoms with Crippen molar-refractivity contribution in [3.05, 3.63) is 43.1 Å². The number of sulfonamides is 1. The van der Waals surface area contributed by atoms with Gasteiger partial charge in [-0.15, -0.1) is 6.58 Å². The van der Waals surface area contributed by atoms with Crippen LogP contribution in [0.4, 0.5) is 4.79 Å². The van der Waals surface area contributed by atoms with Crippen LogP contribution in [0.5, 0.6) is 11.6 Å². The van der Waals surface area contributed by atoms with Crippen molar-refractivity contribution in [2.75, 3.05) is 20.2 Å². The summed E-state index contributed by atoms with van der Waals surface area (Å²) >= 11 is 0. The normalized spacial score (nSPS) is 25.2. The molecule has 5 atom stereocenters. The summed E-state index contributed by atoms with van der Waals surface area (Å²) in [7, 11) is -2.22. The molecular weight excluding hydrogens is 691 g/mol. The van der Waals surface area contributed by atoms with Crippen molar-refractivity contribution >= 4 is 44.6 Å². The maximum atomic E-state index is 14.5. The Bertz CT molecular complexity index is 1840. The highest BCUT2D eigenvalue weighted by Crippen LogP contribution is 2.53. The fourth-order valence-corrected chi connectivity index (χ4v) is 8.79. The molecular formula is C37H49N5O9S. The van der Waals surface area contributed by atoms with Crippen LogP contribution in [0, 0.1) is 17.3 Å². The van der Waals surface area contributed by atoms with E-state index >= 15 is 0 Å². The second-order valence-corrected chi connectivity index (χ2v) is 17.4. The molecule has 3 N–H and O–H groups in total. The van der Waals surface area contributed by atoms with E-state index in [0.29, 0.717) is 30.9 Å². The Hall–Kier alpha value is -4.40. The molecule has 4 aliphatic rings. The first kappa shape index (κ1) is 37.4. The number of likely N-dealkylation sites (tertiary alicyclic amines) is 1. The molecule has 52 heavy (non-hydrogen) atoms. The van der Waals surface area contributed by atoms with Crippen molar-refractivity contribution in [2.45, 2.75) is 101 Å². The van der Waals surface area contributed by atoms with Gasteiger partial charge >= 0.3 is 6.09 Å². The van der Waals surface area contributed by atoms with Crippen LogP contribution in [0.15, 0.2) is 43.1 Å². The lowest BCUT2D eigenvalue weighted by molar-refractivity contribution is -0.141. The average Bonchev–Trinajstić information content (AvgIpc) is 3.98.